The van der Waals surface area contributed by atoms with E-state index in [2.05, 4.69) is 142 Å². The van der Waals surface area contributed by atoms with E-state index in [1.165, 1.54) is 15.8 Å². The quantitative estimate of drug-likeness (QED) is 0.128. The number of aryl methyl sites for hydroxylation is 1. The van der Waals surface area contributed by atoms with Crippen molar-refractivity contribution < 1.29 is 28.6 Å². The molecule has 0 atom stereocenters. The molecule has 7 aromatic carbocycles. The summed E-state index contributed by atoms with van der Waals surface area (Å²) in [6.45, 7) is -2.08. The van der Waals surface area contributed by atoms with Crippen molar-refractivity contribution in [3.05, 3.63) is 182 Å². The Morgan fingerprint density at radius 3 is 2.23 bits per heavy atom. The molecule has 275 valence electrons. The first kappa shape index (κ1) is 33.7. The van der Waals surface area contributed by atoms with Gasteiger partial charge in [0.25, 0.3) is 0 Å². The summed E-state index contributed by atoms with van der Waals surface area (Å²) in [5.74, 6) is 7.79. The molecule has 56 heavy (non-hydrogen) atoms. The van der Waals surface area contributed by atoms with E-state index in [9.17, 15) is 0 Å². The van der Waals surface area contributed by atoms with Crippen molar-refractivity contribution in [2.45, 2.75) is 24.1 Å². The van der Waals surface area contributed by atoms with E-state index in [0.29, 0.717) is 5.56 Å². The maximum Gasteiger partial charge on any atom is 0.120 e. The van der Waals surface area contributed by atoms with Crippen LogP contribution < -0.4 is 4.40 Å². The van der Waals surface area contributed by atoms with Gasteiger partial charge in [-0.1, -0.05) is 108 Å². The molecule has 0 N–H and O–H groups in total. The Labute approximate surface area is 347 Å². The minimum atomic E-state index is -2.08. The molecule has 0 bridgehead atoms. The fraction of sp³-hybridized carbons (Fsp3) is 0.0800. The van der Waals surface area contributed by atoms with Crippen molar-refractivity contribution in [2.24, 2.45) is 0 Å². The van der Waals surface area contributed by atoms with Crippen molar-refractivity contribution in [1.29, 1.82) is 0 Å². The van der Waals surface area contributed by atoms with Gasteiger partial charge in [0.15, 0.2) is 0 Å². The summed E-state index contributed by atoms with van der Waals surface area (Å²) in [5, 5.41) is 4.50. The molecule has 0 spiro atoms. The average molecular weight is 966 g/mol. The zero-order valence-corrected chi connectivity index (χ0v) is 35.7. The largest absolute Gasteiger partial charge is 0.501 e. The molecule has 0 fully saturated rings. The normalized spacial score (nSPS) is 12.4. The molecule has 3 aromatic heterocycles. The van der Waals surface area contributed by atoms with Crippen LogP contribution in [0.4, 0.5) is 0 Å². The van der Waals surface area contributed by atoms with Crippen molar-refractivity contribution in [1.82, 2.24) is 14.5 Å². The number of pyridine rings is 1. The summed E-state index contributed by atoms with van der Waals surface area (Å²) < 4.78 is 32.1. The Bertz CT molecular complexity index is 3020. The number of fused-ring (bicyclic) bond motifs is 5. The number of rotatable bonds is 5. The van der Waals surface area contributed by atoms with Crippen LogP contribution in [0.5, 0.6) is 0 Å². The van der Waals surface area contributed by atoms with E-state index in [1.54, 1.807) is 12.1 Å². The number of hydrogen-bond donors (Lipinski definition) is 0. The van der Waals surface area contributed by atoms with E-state index in [4.69, 9.17) is 13.5 Å². The van der Waals surface area contributed by atoms with Gasteiger partial charge >= 0.3 is 110 Å². The van der Waals surface area contributed by atoms with Crippen LogP contribution in [0.2, 0.25) is 17.3 Å². The van der Waals surface area contributed by atoms with Crippen LogP contribution in [0.1, 0.15) is 9.68 Å². The van der Waals surface area contributed by atoms with Crippen molar-refractivity contribution in [3.8, 4) is 39.5 Å². The van der Waals surface area contributed by atoms with Gasteiger partial charge < -0.3 is 8.98 Å². The van der Waals surface area contributed by atoms with Gasteiger partial charge in [-0.3, -0.25) is 4.98 Å². The van der Waals surface area contributed by atoms with Gasteiger partial charge in [-0.25, -0.2) is 0 Å². The number of hydrogen-bond acceptors (Lipinski definition) is 3. The van der Waals surface area contributed by atoms with Gasteiger partial charge in [-0.2, -0.15) is 0 Å². The number of nitrogens with zero attached hydrogens (tertiary/aromatic N) is 3. The molecule has 1 radical (unpaired) electrons. The molecule has 6 heteroatoms. The minimum Gasteiger partial charge on any atom is -0.501 e. The molecule has 0 unspecified atom stereocenters. The Kier molecular flexibility index (Phi) is 9.34. The molecule has 4 nitrogen and oxygen atoms in total. The third kappa shape index (κ3) is 7.03. The van der Waals surface area contributed by atoms with E-state index < -0.39 is 20.1 Å². The van der Waals surface area contributed by atoms with Crippen LogP contribution >= 0.6 is 0 Å². The predicted octanol–water partition coefficient (Wildman–Crippen LogP) is 12.6. The first-order valence-corrected chi connectivity index (χ1v) is 25.8. The van der Waals surface area contributed by atoms with Crippen LogP contribution in [0, 0.1) is 19.0 Å². The third-order valence-electron chi connectivity index (χ3n) is 10.1. The second-order valence-corrected chi connectivity index (χ2v) is 25.3. The summed E-state index contributed by atoms with van der Waals surface area (Å²) in [5.41, 5.74) is 9.84. The Morgan fingerprint density at radius 1 is 0.696 bits per heavy atom. The van der Waals surface area contributed by atoms with Gasteiger partial charge in [0, 0.05) is 36.4 Å². The molecule has 0 saturated heterocycles. The molecule has 10 aromatic rings. The Balaban J connectivity index is 0.000000197. The summed E-state index contributed by atoms with van der Waals surface area (Å²) in [4.78, 5) is 9.68. The van der Waals surface area contributed by atoms with Gasteiger partial charge in [-0.05, 0) is 29.1 Å². The van der Waals surface area contributed by atoms with Crippen molar-refractivity contribution >= 4 is 61.4 Å². The predicted molar refractivity (Wildman–Crippen MR) is 232 cm³/mol. The molecule has 3 heterocycles. The zero-order chi connectivity index (χ0) is 40.0. The topological polar surface area (TPSA) is 43.9 Å². The fourth-order valence-corrected chi connectivity index (χ4v) is 9.38. The summed E-state index contributed by atoms with van der Waals surface area (Å²) in [6.07, 6.45) is 1.95. The third-order valence-corrected chi connectivity index (χ3v) is 14.3. The van der Waals surface area contributed by atoms with Gasteiger partial charge in [0.2, 0.25) is 0 Å². The van der Waals surface area contributed by atoms with Gasteiger partial charge in [-0.15, -0.1) is 18.2 Å². The Morgan fingerprint density at radius 2 is 1.46 bits per heavy atom. The number of imidazole rings is 1. The monoisotopic (exact) mass is 967 g/mol. The molecule has 0 amide bonds. The number of furan rings is 1. The van der Waals surface area contributed by atoms with Crippen LogP contribution in [-0.4, -0.2) is 27.8 Å². The summed E-state index contributed by atoms with van der Waals surface area (Å²) >= 11 is -1.83. The first-order chi connectivity index (χ1) is 28.0. The van der Waals surface area contributed by atoms with Crippen LogP contribution in [0.25, 0.3) is 83.2 Å². The maximum absolute atomic E-state index is 7.35. The SMILES string of the molecule is [2H]C([2H])([2H])c1c[c-]c(-c2cc[c]([Ge]([CH3])([CH3])[CH3])cn2)cc1.[Ir].[c-]1ccc2c(oc3ccccc32)c1-c1nc2ccccc2n1-c1c(-c2ccccc2)ccc2ccccc12. The van der Waals surface area contributed by atoms with E-state index in [0.717, 1.165) is 77.8 Å². The summed E-state index contributed by atoms with van der Waals surface area (Å²) in [7, 11) is 0. The fourth-order valence-electron chi connectivity index (χ4n) is 7.20. The summed E-state index contributed by atoms with van der Waals surface area (Å²) in [6, 6.07) is 59.6. The molecular weight excluding hydrogens is 923 g/mol. The van der Waals surface area contributed by atoms with E-state index >= 15 is 0 Å². The van der Waals surface area contributed by atoms with Crippen molar-refractivity contribution in [3.63, 3.8) is 0 Å². The number of para-hydroxylation sites is 3. The molecule has 0 aliphatic carbocycles. The second kappa shape index (κ2) is 15.5. The Hall–Kier alpha value is -5.59. The zero-order valence-electron chi connectivity index (χ0n) is 34.2. The molecule has 10 rings (SSSR count). The van der Waals surface area contributed by atoms with Crippen LogP contribution in [0.3, 0.4) is 0 Å². The number of benzene rings is 7. The van der Waals surface area contributed by atoms with Crippen molar-refractivity contribution in [2.75, 3.05) is 0 Å². The van der Waals surface area contributed by atoms with Gasteiger partial charge in [0.05, 0.1) is 28.1 Å². The van der Waals surface area contributed by atoms with Crippen LogP contribution in [-0.2, 0) is 20.1 Å². The molecular formula is C50H39GeIrN3O-2. The molecule has 0 aliphatic rings. The van der Waals surface area contributed by atoms with E-state index in [-0.39, 0.29) is 20.1 Å². The average Bonchev–Trinajstić information content (AvgIpc) is 3.82. The van der Waals surface area contributed by atoms with Crippen LogP contribution in [0.15, 0.2) is 168 Å². The minimum absolute atomic E-state index is 0. The standard InChI is InChI=1S/C35H21N2O.C15H18GeN.Ir/c1-2-11-23(12-3-1)26-22-21-24-13-4-5-14-25(24)33(26)37-31-19-8-7-18-30(31)36-35(37)29-17-10-16-28-27-15-6-9-20-32(27)38-34(28)29;1-12-5-7-13(8-6-12)15-10-9-14(11-17-15)16(2,3)4;/h1-16,18-22H;5-7,9-11H,1-4H3;/q2*-1;/i;1D3;. The molecule has 0 saturated carbocycles. The van der Waals surface area contributed by atoms with E-state index in [1.807, 2.05) is 42.6 Å². The second-order valence-electron chi connectivity index (χ2n) is 14.7. The maximum atomic E-state index is 7.35. The van der Waals surface area contributed by atoms with Gasteiger partial charge in [0.1, 0.15) is 5.58 Å². The molecule has 0 aliphatic heterocycles. The smallest absolute Gasteiger partial charge is 0.120 e. The number of aromatic nitrogens is 3. The first-order valence-electron chi connectivity index (χ1n) is 19.9.